The molecule has 138 valence electrons. The molecule has 2 atom stereocenters. The van der Waals surface area contributed by atoms with E-state index >= 15 is 0 Å². The highest BCUT2D eigenvalue weighted by Gasteiger charge is 2.31. The molecule has 1 saturated heterocycles. The van der Waals surface area contributed by atoms with Gasteiger partial charge < -0.3 is 10.6 Å². The second kappa shape index (κ2) is 8.33. The van der Waals surface area contributed by atoms with Crippen molar-refractivity contribution < 1.29 is 4.79 Å². The number of hydrogen-bond donors (Lipinski definition) is 1. The zero-order chi connectivity index (χ0) is 17.8. The third-order valence-corrected chi connectivity index (χ3v) is 6.24. The predicted molar refractivity (Wildman–Crippen MR) is 102 cm³/mol. The SMILES string of the molecule is CC1CCC(N2CCN(C(=O)C(C)C(N)c3ccccc3)CC2)CC1. The van der Waals surface area contributed by atoms with Crippen molar-refractivity contribution in [3.8, 4) is 0 Å². The van der Waals surface area contributed by atoms with E-state index in [1.807, 2.05) is 42.2 Å². The molecule has 4 heteroatoms. The molecule has 0 spiro atoms. The number of carbonyl (C=O) groups excluding carboxylic acids is 1. The predicted octanol–water partition coefficient (Wildman–Crippen LogP) is 3.05. The van der Waals surface area contributed by atoms with Crippen LogP contribution < -0.4 is 5.73 Å². The lowest BCUT2D eigenvalue weighted by atomic mass is 9.86. The van der Waals surface area contributed by atoms with Gasteiger partial charge in [-0.05, 0) is 37.2 Å². The van der Waals surface area contributed by atoms with Crippen LogP contribution in [-0.4, -0.2) is 47.9 Å². The Morgan fingerprint density at radius 1 is 1.04 bits per heavy atom. The van der Waals surface area contributed by atoms with Crippen LogP contribution in [0, 0.1) is 11.8 Å². The van der Waals surface area contributed by atoms with Gasteiger partial charge in [-0.2, -0.15) is 0 Å². The van der Waals surface area contributed by atoms with Crippen LogP contribution >= 0.6 is 0 Å². The molecule has 1 aliphatic heterocycles. The Morgan fingerprint density at radius 3 is 2.24 bits per heavy atom. The summed E-state index contributed by atoms with van der Waals surface area (Å²) >= 11 is 0. The van der Waals surface area contributed by atoms with Crippen LogP contribution in [0.1, 0.15) is 51.1 Å². The minimum absolute atomic E-state index is 0.176. The summed E-state index contributed by atoms with van der Waals surface area (Å²) in [5, 5.41) is 0. The highest BCUT2D eigenvalue weighted by atomic mass is 16.2. The van der Waals surface area contributed by atoms with Gasteiger partial charge in [0.2, 0.25) is 5.91 Å². The first kappa shape index (κ1) is 18.4. The van der Waals surface area contributed by atoms with E-state index in [1.165, 1.54) is 25.7 Å². The van der Waals surface area contributed by atoms with Crippen LogP contribution in [0.5, 0.6) is 0 Å². The van der Waals surface area contributed by atoms with Crippen molar-refractivity contribution >= 4 is 5.91 Å². The van der Waals surface area contributed by atoms with Crippen molar-refractivity contribution in [1.29, 1.82) is 0 Å². The Morgan fingerprint density at radius 2 is 1.64 bits per heavy atom. The van der Waals surface area contributed by atoms with Crippen LogP contribution in [0.25, 0.3) is 0 Å². The highest BCUT2D eigenvalue weighted by molar-refractivity contribution is 5.79. The molecule has 25 heavy (non-hydrogen) atoms. The number of benzene rings is 1. The molecule has 2 aliphatic rings. The van der Waals surface area contributed by atoms with Gasteiger partial charge >= 0.3 is 0 Å². The van der Waals surface area contributed by atoms with Crippen molar-refractivity contribution in [1.82, 2.24) is 9.80 Å². The maximum atomic E-state index is 12.9. The van der Waals surface area contributed by atoms with Crippen LogP contribution in [0.2, 0.25) is 0 Å². The first-order valence-corrected chi connectivity index (χ1v) is 9.89. The van der Waals surface area contributed by atoms with E-state index in [1.54, 1.807) is 0 Å². The minimum Gasteiger partial charge on any atom is -0.340 e. The number of nitrogens with zero attached hydrogens (tertiary/aromatic N) is 2. The fraction of sp³-hybridized carbons (Fsp3) is 0.667. The molecule has 1 aliphatic carbocycles. The Bertz CT molecular complexity index is 546. The Kier molecular flexibility index (Phi) is 6.13. The van der Waals surface area contributed by atoms with E-state index in [-0.39, 0.29) is 17.9 Å². The number of amides is 1. The molecule has 1 aromatic carbocycles. The van der Waals surface area contributed by atoms with Gasteiger partial charge in [0.15, 0.2) is 0 Å². The topological polar surface area (TPSA) is 49.6 Å². The van der Waals surface area contributed by atoms with E-state index in [0.29, 0.717) is 0 Å². The second-order valence-electron chi connectivity index (χ2n) is 8.00. The van der Waals surface area contributed by atoms with Gasteiger partial charge in [0, 0.05) is 38.3 Å². The maximum Gasteiger partial charge on any atom is 0.227 e. The summed E-state index contributed by atoms with van der Waals surface area (Å²) in [7, 11) is 0. The number of rotatable bonds is 4. The zero-order valence-corrected chi connectivity index (χ0v) is 15.7. The normalized spacial score (nSPS) is 27.7. The van der Waals surface area contributed by atoms with Crippen molar-refractivity contribution in [2.45, 2.75) is 51.6 Å². The van der Waals surface area contributed by atoms with Crippen molar-refractivity contribution in [2.24, 2.45) is 17.6 Å². The summed E-state index contributed by atoms with van der Waals surface area (Å²) in [6, 6.07) is 10.5. The van der Waals surface area contributed by atoms with Crippen LogP contribution in [0.3, 0.4) is 0 Å². The third kappa shape index (κ3) is 4.42. The summed E-state index contributed by atoms with van der Waals surface area (Å²) in [5.41, 5.74) is 7.39. The van der Waals surface area contributed by atoms with E-state index < -0.39 is 0 Å². The van der Waals surface area contributed by atoms with Crippen molar-refractivity contribution in [2.75, 3.05) is 26.2 Å². The van der Waals surface area contributed by atoms with E-state index in [4.69, 9.17) is 5.73 Å². The summed E-state index contributed by atoms with van der Waals surface area (Å²) in [5.74, 6) is 0.914. The van der Waals surface area contributed by atoms with Gasteiger partial charge in [0.05, 0.1) is 5.92 Å². The highest BCUT2D eigenvalue weighted by Crippen LogP contribution is 2.28. The fourth-order valence-corrected chi connectivity index (χ4v) is 4.32. The average Bonchev–Trinajstić information content (AvgIpc) is 2.67. The Hall–Kier alpha value is -1.39. The molecule has 3 rings (SSSR count). The molecule has 2 fully saturated rings. The number of piperazine rings is 1. The maximum absolute atomic E-state index is 12.9. The lowest BCUT2D eigenvalue weighted by molar-refractivity contribution is -0.138. The number of nitrogens with two attached hydrogens (primary N) is 1. The van der Waals surface area contributed by atoms with Crippen LogP contribution in [0.4, 0.5) is 0 Å². The summed E-state index contributed by atoms with van der Waals surface area (Å²) in [6.45, 7) is 8.04. The first-order valence-electron chi connectivity index (χ1n) is 9.89. The van der Waals surface area contributed by atoms with Gasteiger partial charge in [0.1, 0.15) is 0 Å². The van der Waals surface area contributed by atoms with Crippen LogP contribution in [0.15, 0.2) is 30.3 Å². The average molecular weight is 344 g/mol. The molecule has 1 heterocycles. The van der Waals surface area contributed by atoms with E-state index in [9.17, 15) is 4.79 Å². The third-order valence-electron chi connectivity index (χ3n) is 6.24. The monoisotopic (exact) mass is 343 g/mol. The molecule has 0 bridgehead atoms. The molecule has 4 nitrogen and oxygen atoms in total. The molecule has 1 saturated carbocycles. The van der Waals surface area contributed by atoms with Crippen molar-refractivity contribution in [3.05, 3.63) is 35.9 Å². The van der Waals surface area contributed by atoms with Crippen molar-refractivity contribution in [3.63, 3.8) is 0 Å². The largest absolute Gasteiger partial charge is 0.340 e. The Balaban J connectivity index is 1.51. The summed E-state index contributed by atoms with van der Waals surface area (Å²) in [6.07, 6.45) is 5.36. The van der Waals surface area contributed by atoms with Gasteiger partial charge in [-0.25, -0.2) is 0 Å². The number of carbonyl (C=O) groups is 1. The van der Waals surface area contributed by atoms with Gasteiger partial charge in [-0.1, -0.05) is 44.2 Å². The van der Waals surface area contributed by atoms with Gasteiger partial charge in [-0.15, -0.1) is 0 Å². The lowest BCUT2D eigenvalue weighted by Crippen LogP contribution is -2.54. The fourth-order valence-electron chi connectivity index (χ4n) is 4.32. The van der Waals surface area contributed by atoms with E-state index in [0.717, 1.165) is 43.7 Å². The zero-order valence-electron chi connectivity index (χ0n) is 15.7. The molecule has 0 radical (unpaired) electrons. The summed E-state index contributed by atoms with van der Waals surface area (Å²) < 4.78 is 0. The smallest absolute Gasteiger partial charge is 0.227 e. The molecular formula is C21H33N3O. The summed E-state index contributed by atoms with van der Waals surface area (Å²) in [4.78, 5) is 17.5. The molecule has 2 unspecified atom stereocenters. The quantitative estimate of drug-likeness (QED) is 0.914. The van der Waals surface area contributed by atoms with Crippen LogP contribution in [-0.2, 0) is 4.79 Å². The Labute approximate surface area is 152 Å². The molecule has 0 aromatic heterocycles. The molecule has 1 amide bonds. The molecule has 2 N–H and O–H groups in total. The molecule has 1 aromatic rings. The second-order valence-corrected chi connectivity index (χ2v) is 8.00. The van der Waals surface area contributed by atoms with E-state index in [2.05, 4.69) is 11.8 Å². The first-order chi connectivity index (χ1) is 12.1. The van der Waals surface area contributed by atoms with Gasteiger partial charge in [0.25, 0.3) is 0 Å². The lowest BCUT2D eigenvalue weighted by Gasteiger charge is -2.42. The number of hydrogen-bond acceptors (Lipinski definition) is 3. The minimum atomic E-state index is -0.230. The molecular weight excluding hydrogens is 310 g/mol. The van der Waals surface area contributed by atoms with Gasteiger partial charge in [-0.3, -0.25) is 9.69 Å². The standard InChI is InChI=1S/C21H33N3O/c1-16-8-10-19(11-9-16)23-12-14-24(15-13-23)21(25)17(2)20(22)18-6-4-3-5-7-18/h3-7,16-17,19-20H,8-15,22H2,1-2H3.